The van der Waals surface area contributed by atoms with Gasteiger partial charge < -0.3 is 9.84 Å². The fraction of sp³-hybridized carbons (Fsp3) is 0.333. The summed E-state index contributed by atoms with van der Waals surface area (Å²) in [4.78, 5) is 8.83. The molecule has 0 spiro atoms. The molecule has 2 aromatic heterocycles. The Morgan fingerprint density at radius 2 is 2.27 bits per heavy atom. The second-order valence-corrected chi connectivity index (χ2v) is 4.92. The van der Waals surface area contributed by atoms with Gasteiger partial charge in [0.25, 0.3) is 0 Å². The Kier molecular flexibility index (Phi) is 1.97. The third-order valence-electron chi connectivity index (χ3n) is 2.41. The molecule has 1 aliphatic heterocycles. The summed E-state index contributed by atoms with van der Waals surface area (Å²) in [6, 6.07) is 1.84. The van der Waals surface area contributed by atoms with Gasteiger partial charge in [-0.3, -0.25) is 0 Å². The van der Waals surface area contributed by atoms with Gasteiger partial charge in [-0.15, -0.1) is 11.3 Å². The molecule has 0 aromatic carbocycles. The van der Waals surface area contributed by atoms with Crippen molar-refractivity contribution in [3.8, 4) is 0 Å². The molecule has 0 saturated carbocycles. The topological polar surface area (TPSA) is 55.2 Å². The average molecular weight is 243 g/mol. The maximum atomic E-state index is 10.1. The van der Waals surface area contributed by atoms with Crippen LogP contribution in [0.1, 0.15) is 4.88 Å². The van der Waals surface area contributed by atoms with Crippen molar-refractivity contribution in [2.24, 2.45) is 0 Å². The number of hydrogen-bond donors (Lipinski definition) is 1. The molecule has 1 fully saturated rings. The van der Waals surface area contributed by atoms with Crippen molar-refractivity contribution in [2.45, 2.75) is 5.60 Å². The van der Waals surface area contributed by atoms with Gasteiger partial charge in [0.1, 0.15) is 17.1 Å². The number of nitrogens with zero attached hydrogens (tertiary/aromatic N) is 2. The van der Waals surface area contributed by atoms with Crippen LogP contribution in [-0.4, -0.2) is 28.3 Å². The first-order valence-corrected chi connectivity index (χ1v) is 5.59. The van der Waals surface area contributed by atoms with Crippen molar-refractivity contribution in [3.05, 3.63) is 22.4 Å². The van der Waals surface area contributed by atoms with Crippen LogP contribution in [0.5, 0.6) is 0 Å². The number of aromatic nitrogens is 2. The van der Waals surface area contributed by atoms with E-state index in [9.17, 15) is 5.11 Å². The quantitative estimate of drug-likeness (QED) is 0.772. The highest BCUT2D eigenvalue weighted by atomic mass is 35.5. The van der Waals surface area contributed by atoms with Gasteiger partial charge in [0, 0.05) is 4.88 Å². The molecular weight excluding hydrogens is 236 g/mol. The molecule has 2 aromatic rings. The van der Waals surface area contributed by atoms with Gasteiger partial charge in [-0.1, -0.05) is 11.6 Å². The summed E-state index contributed by atoms with van der Waals surface area (Å²) in [6.07, 6.45) is 1.42. The predicted molar refractivity (Wildman–Crippen MR) is 57.1 cm³/mol. The van der Waals surface area contributed by atoms with Crippen molar-refractivity contribution < 1.29 is 9.84 Å². The van der Waals surface area contributed by atoms with E-state index in [-0.39, 0.29) is 0 Å². The predicted octanol–water partition coefficient (Wildman–Crippen LogP) is 1.56. The zero-order chi connectivity index (χ0) is 10.5. The summed E-state index contributed by atoms with van der Waals surface area (Å²) in [5, 5.41) is 10.5. The van der Waals surface area contributed by atoms with E-state index in [1.807, 2.05) is 6.07 Å². The Morgan fingerprint density at radius 1 is 1.47 bits per heavy atom. The second-order valence-electron chi connectivity index (χ2n) is 3.51. The Balaban J connectivity index is 2.18. The molecule has 0 atom stereocenters. The summed E-state index contributed by atoms with van der Waals surface area (Å²) in [5.74, 6) is 0. The van der Waals surface area contributed by atoms with E-state index in [0.717, 1.165) is 15.1 Å². The largest absolute Gasteiger partial charge is 0.379 e. The number of aliphatic hydroxyl groups is 1. The summed E-state index contributed by atoms with van der Waals surface area (Å²) in [6.45, 7) is 0.676. The minimum absolute atomic E-state index is 0.338. The van der Waals surface area contributed by atoms with Gasteiger partial charge in [-0.05, 0) is 6.07 Å². The molecule has 0 bridgehead atoms. The van der Waals surface area contributed by atoms with E-state index >= 15 is 0 Å². The Morgan fingerprint density at radius 3 is 2.87 bits per heavy atom. The molecule has 6 heteroatoms. The summed E-state index contributed by atoms with van der Waals surface area (Å²) >= 11 is 7.35. The minimum Gasteiger partial charge on any atom is -0.379 e. The third kappa shape index (κ3) is 1.35. The monoisotopic (exact) mass is 242 g/mol. The van der Waals surface area contributed by atoms with Crippen LogP contribution in [-0.2, 0) is 10.3 Å². The molecule has 0 unspecified atom stereocenters. The fourth-order valence-electron chi connectivity index (χ4n) is 1.49. The Hall–Kier alpha value is -0.750. The van der Waals surface area contributed by atoms with Crippen LogP contribution in [0.15, 0.2) is 12.4 Å². The zero-order valence-corrected chi connectivity index (χ0v) is 9.18. The van der Waals surface area contributed by atoms with E-state index in [1.54, 1.807) is 0 Å². The number of hydrogen-bond acceptors (Lipinski definition) is 5. The molecule has 1 N–H and O–H groups in total. The van der Waals surface area contributed by atoms with Crippen molar-refractivity contribution in [1.82, 2.24) is 9.97 Å². The zero-order valence-electron chi connectivity index (χ0n) is 7.61. The lowest BCUT2D eigenvalue weighted by molar-refractivity contribution is -0.182. The number of fused-ring (bicyclic) bond motifs is 1. The molecule has 15 heavy (non-hydrogen) atoms. The maximum Gasteiger partial charge on any atom is 0.150 e. The standard InChI is InChI=1S/C9H7ClN2O2S/c10-8-7-5(11-4-12-8)1-6(15-7)9(13)2-14-3-9/h1,4,13H,2-3H2. The molecule has 1 aliphatic rings. The van der Waals surface area contributed by atoms with Crippen molar-refractivity contribution in [2.75, 3.05) is 13.2 Å². The normalized spacial score (nSPS) is 19.1. The Labute approximate surface area is 94.5 Å². The molecule has 3 rings (SSSR count). The number of rotatable bonds is 1. The van der Waals surface area contributed by atoms with Crippen LogP contribution in [0.25, 0.3) is 10.2 Å². The number of thiophene rings is 1. The van der Waals surface area contributed by atoms with Crippen LogP contribution in [0.2, 0.25) is 5.15 Å². The van der Waals surface area contributed by atoms with Gasteiger partial charge in [-0.2, -0.15) is 0 Å². The molecule has 0 aliphatic carbocycles. The molecule has 78 valence electrons. The summed E-state index contributed by atoms with van der Waals surface area (Å²) < 4.78 is 5.82. The lowest BCUT2D eigenvalue weighted by atomic mass is 10.0. The highest BCUT2D eigenvalue weighted by Gasteiger charge is 2.39. The van der Waals surface area contributed by atoms with Crippen LogP contribution in [0, 0.1) is 0 Å². The van der Waals surface area contributed by atoms with Gasteiger partial charge in [-0.25, -0.2) is 9.97 Å². The molecule has 0 radical (unpaired) electrons. The van der Waals surface area contributed by atoms with Crippen LogP contribution in [0.4, 0.5) is 0 Å². The van der Waals surface area contributed by atoms with E-state index in [4.69, 9.17) is 16.3 Å². The number of ether oxygens (including phenoxy) is 1. The lowest BCUT2D eigenvalue weighted by Gasteiger charge is -2.35. The highest BCUT2D eigenvalue weighted by molar-refractivity contribution is 7.19. The van der Waals surface area contributed by atoms with Gasteiger partial charge in [0.15, 0.2) is 0 Å². The SMILES string of the molecule is OC1(c2cc3ncnc(Cl)c3s2)COC1. The lowest BCUT2D eigenvalue weighted by Crippen LogP contribution is -2.45. The minimum atomic E-state index is -0.852. The fourth-order valence-corrected chi connectivity index (χ4v) is 2.80. The van der Waals surface area contributed by atoms with E-state index in [2.05, 4.69) is 9.97 Å². The third-order valence-corrected chi connectivity index (χ3v) is 4.13. The maximum absolute atomic E-state index is 10.1. The van der Waals surface area contributed by atoms with Crippen LogP contribution >= 0.6 is 22.9 Å². The van der Waals surface area contributed by atoms with Crippen LogP contribution < -0.4 is 0 Å². The summed E-state index contributed by atoms with van der Waals surface area (Å²) in [7, 11) is 0. The molecule has 0 amide bonds. The molecule has 4 nitrogen and oxygen atoms in total. The molecule has 1 saturated heterocycles. The van der Waals surface area contributed by atoms with Crippen molar-refractivity contribution >= 4 is 33.2 Å². The van der Waals surface area contributed by atoms with Crippen molar-refractivity contribution in [1.29, 1.82) is 0 Å². The number of halogens is 1. The van der Waals surface area contributed by atoms with Gasteiger partial charge >= 0.3 is 0 Å². The van der Waals surface area contributed by atoms with Crippen LogP contribution in [0.3, 0.4) is 0 Å². The van der Waals surface area contributed by atoms with E-state index in [0.29, 0.717) is 18.4 Å². The second kappa shape index (κ2) is 3.12. The van der Waals surface area contributed by atoms with Crippen molar-refractivity contribution in [3.63, 3.8) is 0 Å². The first kappa shape index (κ1) is 9.47. The highest BCUT2D eigenvalue weighted by Crippen LogP contribution is 2.38. The van der Waals surface area contributed by atoms with Gasteiger partial charge in [0.05, 0.1) is 23.4 Å². The Bertz CT molecular complexity index is 524. The van der Waals surface area contributed by atoms with E-state index < -0.39 is 5.60 Å². The first-order valence-electron chi connectivity index (χ1n) is 4.40. The smallest absolute Gasteiger partial charge is 0.150 e. The van der Waals surface area contributed by atoms with Gasteiger partial charge in [0.2, 0.25) is 0 Å². The molecule has 3 heterocycles. The molecular formula is C9H7ClN2O2S. The van der Waals surface area contributed by atoms with E-state index in [1.165, 1.54) is 17.7 Å². The first-order chi connectivity index (χ1) is 7.19. The average Bonchev–Trinajstić information content (AvgIpc) is 2.59. The summed E-state index contributed by atoms with van der Waals surface area (Å²) in [5.41, 5.74) is -0.0790.